The van der Waals surface area contributed by atoms with Crippen LogP contribution in [0.2, 0.25) is 5.02 Å². The Kier molecular flexibility index (Phi) is 3.54. The zero-order valence-corrected chi connectivity index (χ0v) is 10.5. The van der Waals surface area contributed by atoms with Crippen LogP contribution in [0.15, 0.2) is 18.2 Å². The molecule has 0 aromatic heterocycles. The molecule has 5 heteroatoms. The summed E-state index contributed by atoms with van der Waals surface area (Å²) in [6, 6.07) is 5.37. The minimum Gasteiger partial charge on any atom is -0.485 e. The third kappa shape index (κ3) is 2.37. The van der Waals surface area contributed by atoms with Crippen molar-refractivity contribution in [3.8, 4) is 5.75 Å². The van der Waals surface area contributed by atoms with E-state index in [0.717, 1.165) is 0 Å². The van der Waals surface area contributed by atoms with Gasteiger partial charge in [0.05, 0.1) is 17.3 Å². The van der Waals surface area contributed by atoms with Crippen molar-refractivity contribution < 1.29 is 14.3 Å². The standard InChI is InChI=1S/C12H14ClNO3/c1-8-6-14(11(15)7-16-2)10-5-3-4-9(13)12(10)17-8/h3-5,8H,6-7H2,1-2H3. The lowest BCUT2D eigenvalue weighted by molar-refractivity contribution is -0.122. The first-order chi connectivity index (χ1) is 8.13. The van der Waals surface area contributed by atoms with Crippen LogP contribution in [0.25, 0.3) is 0 Å². The van der Waals surface area contributed by atoms with Crippen LogP contribution < -0.4 is 9.64 Å². The van der Waals surface area contributed by atoms with Crippen LogP contribution in [0.5, 0.6) is 5.75 Å². The Morgan fingerprint density at radius 1 is 1.65 bits per heavy atom. The molecular formula is C12H14ClNO3. The molecule has 1 aliphatic rings. The van der Waals surface area contributed by atoms with Gasteiger partial charge in [-0.3, -0.25) is 4.79 Å². The number of carbonyl (C=O) groups is 1. The molecule has 0 saturated heterocycles. The second-order valence-corrected chi connectivity index (χ2v) is 4.36. The van der Waals surface area contributed by atoms with E-state index in [1.54, 1.807) is 17.0 Å². The van der Waals surface area contributed by atoms with Crippen molar-refractivity contribution in [2.24, 2.45) is 0 Å². The van der Waals surface area contributed by atoms with Gasteiger partial charge >= 0.3 is 0 Å². The smallest absolute Gasteiger partial charge is 0.253 e. The maximum Gasteiger partial charge on any atom is 0.253 e. The molecule has 1 aromatic rings. The van der Waals surface area contributed by atoms with Gasteiger partial charge in [0.25, 0.3) is 5.91 Å². The fourth-order valence-corrected chi connectivity index (χ4v) is 2.07. The first kappa shape index (κ1) is 12.2. The molecule has 1 atom stereocenters. The molecule has 0 N–H and O–H groups in total. The highest BCUT2D eigenvalue weighted by atomic mass is 35.5. The second kappa shape index (κ2) is 4.94. The van der Waals surface area contributed by atoms with E-state index in [2.05, 4.69) is 0 Å². The van der Waals surface area contributed by atoms with E-state index in [0.29, 0.717) is 23.0 Å². The Morgan fingerprint density at radius 3 is 3.12 bits per heavy atom. The van der Waals surface area contributed by atoms with E-state index in [9.17, 15) is 4.79 Å². The highest BCUT2D eigenvalue weighted by molar-refractivity contribution is 6.32. The monoisotopic (exact) mass is 255 g/mol. The fraction of sp³-hybridized carbons (Fsp3) is 0.417. The molecule has 1 amide bonds. The topological polar surface area (TPSA) is 38.8 Å². The maximum atomic E-state index is 11.9. The van der Waals surface area contributed by atoms with E-state index < -0.39 is 0 Å². The average molecular weight is 256 g/mol. The number of benzene rings is 1. The summed E-state index contributed by atoms with van der Waals surface area (Å²) in [5.74, 6) is 0.475. The third-order valence-corrected chi connectivity index (χ3v) is 2.86. The summed E-state index contributed by atoms with van der Waals surface area (Å²) in [7, 11) is 1.50. The Labute approximate surface area is 105 Å². The Balaban J connectivity index is 2.37. The Morgan fingerprint density at radius 2 is 2.41 bits per heavy atom. The number of fused-ring (bicyclic) bond motifs is 1. The SMILES string of the molecule is COCC(=O)N1CC(C)Oc2c(Cl)cccc21. The maximum absolute atomic E-state index is 11.9. The zero-order chi connectivity index (χ0) is 12.4. The molecule has 0 spiro atoms. The Hall–Kier alpha value is -1.26. The van der Waals surface area contributed by atoms with Crippen molar-refractivity contribution in [2.75, 3.05) is 25.2 Å². The minimum absolute atomic E-state index is 0.0542. The summed E-state index contributed by atoms with van der Waals surface area (Å²) in [5.41, 5.74) is 0.706. The van der Waals surface area contributed by atoms with Crippen molar-refractivity contribution in [2.45, 2.75) is 13.0 Å². The summed E-state index contributed by atoms with van der Waals surface area (Å²) in [6.07, 6.45) is -0.0804. The lowest BCUT2D eigenvalue weighted by Crippen LogP contribution is -2.43. The van der Waals surface area contributed by atoms with Gasteiger partial charge in [-0.15, -0.1) is 0 Å². The number of halogens is 1. The van der Waals surface area contributed by atoms with E-state index in [1.165, 1.54) is 7.11 Å². The molecule has 1 unspecified atom stereocenters. The predicted molar refractivity (Wildman–Crippen MR) is 65.8 cm³/mol. The molecule has 0 fully saturated rings. The lowest BCUT2D eigenvalue weighted by Gasteiger charge is -2.33. The molecule has 92 valence electrons. The van der Waals surface area contributed by atoms with Crippen molar-refractivity contribution in [3.63, 3.8) is 0 Å². The lowest BCUT2D eigenvalue weighted by atomic mass is 10.2. The second-order valence-electron chi connectivity index (χ2n) is 3.95. The van der Waals surface area contributed by atoms with E-state index in [1.807, 2.05) is 13.0 Å². The van der Waals surface area contributed by atoms with Gasteiger partial charge < -0.3 is 14.4 Å². The fourth-order valence-electron chi connectivity index (χ4n) is 1.86. The minimum atomic E-state index is -0.0915. The van der Waals surface area contributed by atoms with Crippen LogP contribution in [-0.2, 0) is 9.53 Å². The number of anilines is 1. The first-order valence-electron chi connectivity index (χ1n) is 5.38. The number of hydrogen-bond donors (Lipinski definition) is 0. The molecule has 0 radical (unpaired) electrons. The van der Waals surface area contributed by atoms with Gasteiger partial charge in [-0.1, -0.05) is 17.7 Å². The largest absolute Gasteiger partial charge is 0.485 e. The van der Waals surface area contributed by atoms with Crippen molar-refractivity contribution in [3.05, 3.63) is 23.2 Å². The van der Waals surface area contributed by atoms with Crippen LogP contribution in [-0.4, -0.2) is 32.3 Å². The van der Waals surface area contributed by atoms with Crippen LogP contribution in [0, 0.1) is 0 Å². The van der Waals surface area contributed by atoms with Crippen LogP contribution in [0.1, 0.15) is 6.92 Å². The normalized spacial score (nSPS) is 18.5. The molecule has 1 aromatic carbocycles. The van der Waals surface area contributed by atoms with Crippen LogP contribution in [0.4, 0.5) is 5.69 Å². The number of para-hydroxylation sites is 1. The summed E-state index contributed by atoms with van der Waals surface area (Å²) in [4.78, 5) is 13.6. The molecule has 0 saturated carbocycles. The third-order valence-electron chi connectivity index (χ3n) is 2.56. The molecule has 1 aliphatic heterocycles. The van der Waals surface area contributed by atoms with Gasteiger partial charge in [0.15, 0.2) is 5.75 Å². The highest BCUT2D eigenvalue weighted by Gasteiger charge is 2.28. The molecule has 17 heavy (non-hydrogen) atoms. The summed E-state index contributed by atoms with van der Waals surface area (Å²) < 4.78 is 10.5. The molecule has 0 aliphatic carbocycles. The quantitative estimate of drug-likeness (QED) is 0.812. The van der Waals surface area contributed by atoms with Crippen molar-refractivity contribution in [1.29, 1.82) is 0 Å². The molecule has 0 bridgehead atoms. The predicted octanol–water partition coefficient (Wildman–Crippen LogP) is 2.10. The van der Waals surface area contributed by atoms with Gasteiger partial charge in [-0.2, -0.15) is 0 Å². The summed E-state index contributed by atoms with van der Waals surface area (Å²) in [6.45, 7) is 2.47. The van der Waals surface area contributed by atoms with Crippen LogP contribution >= 0.6 is 11.6 Å². The molecular weight excluding hydrogens is 242 g/mol. The Bertz CT molecular complexity index is 436. The van der Waals surface area contributed by atoms with Gasteiger partial charge in [-0.05, 0) is 19.1 Å². The van der Waals surface area contributed by atoms with Gasteiger partial charge in [0, 0.05) is 7.11 Å². The molecule has 4 nitrogen and oxygen atoms in total. The number of rotatable bonds is 2. The number of amides is 1. The van der Waals surface area contributed by atoms with Crippen molar-refractivity contribution in [1.82, 2.24) is 0 Å². The van der Waals surface area contributed by atoms with Gasteiger partial charge in [-0.25, -0.2) is 0 Å². The van der Waals surface area contributed by atoms with Gasteiger partial charge in [0.2, 0.25) is 0 Å². The molecule has 2 rings (SSSR count). The number of methoxy groups -OCH3 is 1. The van der Waals surface area contributed by atoms with Gasteiger partial charge in [0.1, 0.15) is 12.7 Å². The number of hydrogen-bond acceptors (Lipinski definition) is 3. The number of nitrogens with zero attached hydrogens (tertiary/aromatic N) is 1. The van der Waals surface area contributed by atoms with E-state index in [-0.39, 0.29) is 18.6 Å². The number of ether oxygens (including phenoxy) is 2. The summed E-state index contributed by atoms with van der Waals surface area (Å²) >= 11 is 6.06. The van der Waals surface area contributed by atoms with Crippen molar-refractivity contribution >= 4 is 23.2 Å². The average Bonchev–Trinajstić information content (AvgIpc) is 2.30. The highest BCUT2D eigenvalue weighted by Crippen LogP contribution is 2.39. The number of carbonyl (C=O) groups excluding carboxylic acids is 1. The van der Waals surface area contributed by atoms with E-state index >= 15 is 0 Å². The van der Waals surface area contributed by atoms with Crippen LogP contribution in [0.3, 0.4) is 0 Å². The molecule has 1 heterocycles. The summed E-state index contributed by atoms with van der Waals surface area (Å²) in [5, 5.41) is 0.518. The zero-order valence-electron chi connectivity index (χ0n) is 9.77. The first-order valence-corrected chi connectivity index (χ1v) is 5.75. The van der Waals surface area contributed by atoms with E-state index in [4.69, 9.17) is 21.1 Å².